The largest absolute Gasteiger partial charge is 0.463 e. The van der Waals surface area contributed by atoms with E-state index >= 15 is 0 Å². The minimum absolute atomic E-state index is 0.0959. The molecule has 9 heteroatoms. The van der Waals surface area contributed by atoms with Gasteiger partial charge in [0.2, 0.25) is 0 Å². The summed E-state index contributed by atoms with van der Waals surface area (Å²) in [6.45, 7) is 6.30. The fourth-order valence-electron chi connectivity index (χ4n) is 4.60. The van der Waals surface area contributed by atoms with Crippen LogP contribution in [-0.4, -0.2) is 49.6 Å². The molecule has 3 heterocycles. The van der Waals surface area contributed by atoms with E-state index in [-0.39, 0.29) is 11.7 Å². The highest BCUT2D eigenvalue weighted by atomic mass is 16.4. The number of carbonyl (C=O) groups is 1. The minimum Gasteiger partial charge on any atom is -0.463 e. The molecule has 1 unspecified atom stereocenters. The molecule has 31 heavy (non-hydrogen) atoms. The van der Waals surface area contributed by atoms with Gasteiger partial charge in [0.1, 0.15) is 11.8 Å². The molecule has 2 fully saturated rings. The first-order valence-corrected chi connectivity index (χ1v) is 11.2. The second-order valence-corrected chi connectivity index (χ2v) is 9.03. The lowest BCUT2D eigenvalue weighted by atomic mass is 9.83. The number of aromatic nitrogens is 4. The van der Waals surface area contributed by atoms with Gasteiger partial charge in [-0.3, -0.25) is 0 Å². The summed E-state index contributed by atoms with van der Waals surface area (Å²) in [6, 6.07) is 0. The van der Waals surface area contributed by atoms with E-state index in [0.29, 0.717) is 17.5 Å². The van der Waals surface area contributed by atoms with E-state index in [1.807, 2.05) is 4.57 Å². The van der Waals surface area contributed by atoms with Crippen LogP contribution in [0.15, 0.2) is 17.4 Å². The van der Waals surface area contributed by atoms with Crippen molar-refractivity contribution in [1.29, 1.82) is 0 Å². The SMILES string of the molecule is CC1CCC(C=Cn2cnc3nc(C(N)=NC(=O)O)nc(N4CCCC(C)C4)c32)CC1. The Morgan fingerprint density at radius 3 is 2.68 bits per heavy atom. The number of hydrogen-bond donors (Lipinski definition) is 2. The second-order valence-electron chi connectivity index (χ2n) is 9.03. The van der Waals surface area contributed by atoms with Crippen molar-refractivity contribution in [2.75, 3.05) is 18.0 Å². The van der Waals surface area contributed by atoms with Gasteiger partial charge in [-0.15, -0.1) is 0 Å². The van der Waals surface area contributed by atoms with Crippen LogP contribution in [0.1, 0.15) is 58.2 Å². The summed E-state index contributed by atoms with van der Waals surface area (Å²) in [5.41, 5.74) is 7.17. The van der Waals surface area contributed by atoms with Crippen LogP contribution >= 0.6 is 0 Å². The van der Waals surface area contributed by atoms with Crippen molar-refractivity contribution in [2.45, 2.75) is 52.4 Å². The number of fused-ring (bicyclic) bond motifs is 1. The minimum atomic E-state index is -1.37. The van der Waals surface area contributed by atoms with Crippen LogP contribution < -0.4 is 10.6 Å². The molecule has 0 spiro atoms. The Bertz CT molecular complexity index is 1000. The first-order chi connectivity index (χ1) is 14.9. The normalized spacial score (nSPS) is 25.4. The zero-order valence-corrected chi connectivity index (χ0v) is 18.2. The highest BCUT2D eigenvalue weighted by molar-refractivity contribution is 6.01. The molecule has 1 atom stereocenters. The van der Waals surface area contributed by atoms with Crippen molar-refractivity contribution in [2.24, 2.45) is 28.5 Å². The van der Waals surface area contributed by atoms with Crippen molar-refractivity contribution in [1.82, 2.24) is 19.5 Å². The number of piperidine rings is 1. The number of imidazole rings is 1. The van der Waals surface area contributed by atoms with Crippen molar-refractivity contribution >= 4 is 35.1 Å². The molecule has 1 saturated heterocycles. The smallest absolute Gasteiger partial charge is 0.433 e. The van der Waals surface area contributed by atoms with Crippen LogP contribution in [0.3, 0.4) is 0 Å². The summed E-state index contributed by atoms with van der Waals surface area (Å²) in [7, 11) is 0. The molecule has 2 aliphatic rings. The molecular formula is C22H31N7O2. The third kappa shape index (κ3) is 4.86. The van der Waals surface area contributed by atoms with E-state index in [0.717, 1.165) is 36.8 Å². The molecule has 2 aromatic rings. The summed E-state index contributed by atoms with van der Waals surface area (Å²) in [5, 5.41) is 8.96. The predicted octanol–water partition coefficient (Wildman–Crippen LogP) is 3.74. The lowest BCUT2D eigenvalue weighted by Gasteiger charge is -2.32. The van der Waals surface area contributed by atoms with E-state index in [4.69, 9.17) is 10.8 Å². The van der Waals surface area contributed by atoms with Crippen LogP contribution in [0.4, 0.5) is 10.6 Å². The monoisotopic (exact) mass is 425 g/mol. The summed E-state index contributed by atoms with van der Waals surface area (Å²) in [4.78, 5) is 30.1. The van der Waals surface area contributed by atoms with Crippen LogP contribution in [0, 0.1) is 17.8 Å². The molecular weight excluding hydrogens is 394 g/mol. The first-order valence-electron chi connectivity index (χ1n) is 11.2. The molecule has 0 radical (unpaired) electrons. The summed E-state index contributed by atoms with van der Waals surface area (Å²) in [5.74, 6) is 2.54. The third-order valence-electron chi connectivity index (χ3n) is 6.39. The topological polar surface area (TPSA) is 123 Å². The van der Waals surface area contributed by atoms with Crippen molar-refractivity contribution in [3.05, 3.63) is 18.2 Å². The Morgan fingerprint density at radius 1 is 1.19 bits per heavy atom. The molecule has 4 rings (SSSR count). The number of hydrogen-bond acceptors (Lipinski definition) is 5. The maximum absolute atomic E-state index is 11.0. The van der Waals surface area contributed by atoms with Gasteiger partial charge in [-0.25, -0.2) is 19.7 Å². The van der Waals surface area contributed by atoms with Crippen LogP contribution in [0.25, 0.3) is 17.4 Å². The number of nitrogens with zero attached hydrogens (tertiary/aromatic N) is 6. The van der Waals surface area contributed by atoms with E-state index in [9.17, 15) is 4.79 Å². The first kappa shape index (κ1) is 21.3. The van der Waals surface area contributed by atoms with E-state index in [1.165, 1.54) is 32.1 Å². The number of carboxylic acid groups (broad SMARTS) is 1. The van der Waals surface area contributed by atoms with Crippen LogP contribution in [-0.2, 0) is 0 Å². The molecule has 1 amide bonds. The number of anilines is 1. The molecule has 1 aliphatic carbocycles. The Balaban J connectivity index is 1.74. The van der Waals surface area contributed by atoms with Crippen LogP contribution in [0.5, 0.6) is 0 Å². The highest BCUT2D eigenvalue weighted by Gasteiger charge is 2.24. The van der Waals surface area contributed by atoms with E-state index in [1.54, 1.807) is 6.33 Å². The summed E-state index contributed by atoms with van der Waals surface area (Å²) >= 11 is 0. The Kier molecular flexibility index (Phi) is 6.20. The molecule has 0 bridgehead atoms. The number of amidine groups is 1. The molecule has 1 aliphatic heterocycles. The van der Waals surface area contributed by atoms with Gasteiger partial charge in [0.15, 0.2) is 23.1 Å². The lowest BCUT2D eigenvalue weighted by molar-refractivity contribution is 0.205. The zero-order chi connectivity index (χ0) is 22.0. The molecule has 1 saturated carbocycles. The van der Waals surface area contributed by atoms with Crippen molar-refractivity contribution < 1.29 is 9.90 Å². The highest BCUT2D eigenvalue weighted by Crippen LogP contribution is 2.31. The summed E-state index contributed by atoms with van der Waals surface area (Å²) < 4.78 is 1.98. The number of rotatable bonds is 4. The number of amides is 1. The van der Waals surface area contributed by atoms with Gasteiger partial charge < -0.3 is 20.3 Å². The number of aliphatic imine (C=N–C) groups is 1. The standard InChI is InChI=1S/C22H31N7O2/c1-14-5-7-16(8-6-14)9-11-29-13-24-19-17(29)21(28-10-3-4-15(2)12-28)27-20(26-19)18(23)25-22(30)31/h9,11,13-16H,3-8,10,12H2,1-2H3,(H2,23,25)(H,30,31). The average molecular weight is 426 g/mol. The molecule has 0 aromatic carbocycles. The average Bonchev–Trinajstić information content (AvgIpc) is 3.15. The fraction of sp³-hybridized carbons (Fsp3) is 0.591. The van der Waals surface area contributed by atoms with Gasteiger partial charge in [0, 0.05) is 19.3 Å². The van der Waals surface area contributed by atoms with Crippen molar-refractivity contribution in [3.8, 4) is 0 Å². The maximum atomic E-state index is 11.0. The van der Waals surface area contributed by atoms with Gasteiger partial charge in [-0.05, 0) is 43.4 Å². The summed E-state index contributed by atoms with van der Waals surface area (Å²) in [6.07, 6.45) is 11.9. The third-order valence-corrected chi connectivity index (χ3v) is 6.39. The number of allylic oxidation sites excluding steroid dienone is 1. The molecule has 166 valence electrons. The predicted molar refractivity (Wildman–Crippen MR) is 121 cm³/mol. The van der Waals surface area contributed by atoms with Crippen molar-refractivity contribution in [3.63, 3.8) is 0 Å². The van der Waals surface area contributed by atoms with Gasteiger partial charge in [0.05, 0.1) is 0 Å². The number of nitrogens with two attached hydrogens (primary N) is 1. The molecule has 2 aromatic heterocycles. The van der Waals surface area contributed by atoms with E-state index in [2.05, 4.69) is 51.0 Å². The Labute approximate surface area is 182 Å². The fourth-order valence-corrected chi connectivity index (χ4v) is 4.60. The van der Waals surface area contributed by atoms with Gasteiger partial charge in [-0.2, -0.15) is 4.99 Å². The quantitative estimate of drug-likeness (QED) is 0.565. The second kappa shape index (κ2) is 9.03. The van der Waals surface area contributed by atoms with Crippen LogP contribution in [0.2, 0.25) is 0 Å². The maximum Gasteiger partial charge on any atom is 0.433 e. The van der Waals surface area contributed by atoms with Gasteiger partial charge in [0.25, 0.3) is 0 Å². The Hall–Kier alpha value is -2.97. The van der Waals surface area contributed by atoms with E-state index < -0.39 is 6.09 Å². The van der Waals surface area contributed by atoms with Gasteiger partial charge >= 0.3 is 6.09 Å². The zero-order valence-electron chi connectivity index (χ0n) is 18.2. The molecule has 9 nitrogen and oxygen atoms in total. The molecule has 3 N–H and O–H groups in total. The van der Waals surface area contributed by atoms with Gasteiger partial charge in [-0.1, -0.05) is 32.8 Å². The lowest BCUT2D eigenvalue weighted by Crippen LogP contribution is -2.35. The Morgan fingerprint density at radius 2 is 1.97 bits per heavy atom.